The lowest BCUT2D eigenvalue weighted by molar-refractivity contribution is -0.0589. The molecule has 8 nitrogen and oxygen atoms in total. The molecule has 1 saturated heterocycles. The fraction of sp³-hybridized carbons (Fsp3) is 0.316. The molecule has 0 aliphatic carbocycles. The first-order valence-electron chi connectivity index (χ1n) is 15.2. The maximum atomic E-state index is 13.1. The van der Waals surface area contributed by atoms with E-state index in [1.807, 2.05) is 48.5 Å². The van der Waals surface area contributed by atoms with Gasteiger partial charge in [-0.15, -0.1) is 23.5 Å². The second-order valence-corrected chi connectivity index (χ2v) is 12.5. The summed E-state index contributed by atoms with van der Waals surface area (Å²) in [6.45, 7) is -0.432. The van der Waals surface area contributed by atoms with Crippen molar-refractivity contribution < 1.29 is 47.5 Å². The summed E-state index contributed by atoms with van der Waals surface area (Å²) >= 11 is 2.92. The highest BCUT2D eigenvalue weighted by Crippen LogP contribution is 2.30. The number of rotatable bonds is 12. The van der Waals surface area contributed by atoms with Gasteiger partial charge in [-0.2, -0.15) is 0 Å². The fourth-order valence-corrected chi connectivity index (χ4v) is 6.37. The molecule has 1 aliphatic heterocycles. The average Bonchev–Trinajstić information content (AvgIpc) is 3.64. The number of hydrogen-bond donors (Lipinski definition) is 2. The van der Waals surface area contributed by atoms with Crippen LogP contribution in [0.2, 0.25) is 0 Å². The molecule has 1 atom stereocenters. The van der Waals surface area contributed by atoms with Gasteiger partial charge >= 0.3 is 11.9 Å². The van der Waals surface area contributed by atoms with Gasteiger partial charge in [-0.05, 0) is 77.2 Å². The Balaban J connectivity index is 0.000000292. The Hall–Kier alpha value is -4.10. The molecule has 0 saturated carbocycles. The molecule has 12 heteroatoms. The number of aliphatic hydroxyl groups is 1. The van der Waals surface area contributed by atoms with Crippen molar-refractivity contribution in [2.75, 3.05) is 27.9 Å². The second-order valence-electron chi connectivity index (χ2n) is 10.5. The van der Waals surface area contributed by atoms with E-state index in [2.05, 4.69) is 0 Å². The van der Waals surface area contributed by atoms with Crippen molar-refractivity contribution in [2.24, 2.45) is 0 Å². The predicted octanol–water partition coefficient (Wildman–Crippen LogP) is 9.15. The predicted molar refractivity (Wildman–Crippen MR) is 194 cm³/mol. The van der Waals surface area contributed by atoms with Gasteiger partial charge < -0.3 is 29.2 Å². The summed E-state index contributed by atoms with van der Waals surface area (Å²) in [6.07, 6.45) is 1.38. The minimum absolute atomic E-state index is 0. The third-order valence-electron chi connectivity index (χ3n) is 7.10. The van der Waals surface area contributed by atoms with E-state index in [1.54, 1.807) is 32.4 Å². The van der Waals surface area contributed by atoms with Gasteiger partial charge in [-0.1, -0.05) is 43.8 Å². The molecule has 1 heterocycles. The van der Waals surface area contributed by atoms with E-state index in [9.17, 15) is 18.4 Å². The summed E-state index contributed by atoms with van der Waals surface area (Å²) in [5.41, 5.74) is 3.84. The van der Waals surface area contributed by atoms with Gasteiger partial charge in [0.15, 0.2) is 6.29 Å². The highest BCUT2D eigenvalue weighted by Gasteiger charge is 2.12. The zero-order valence-electron chi connectivity index (χ0n) is 27.5. The van der Waals surface area contributed by atoms with Crippen LogP contribution < -0.4 is 9.47 Å². The molecule has 1 fully saturated rings. The number of halogens is 2. The minimum Gasteiger partial charge on any atom is -0.497 e. The lowest BCUT2D eigenvalue weighted by Crippen LogP contribution is -2.02. The number of carbonyl (C=O) groups is 2. The van der Waals surface area contributed by atoms with Gasteiger partial charge in [-0.25, -0.2) is 18.4 Å². The summed E-state index contributed by atoms with van der Waals surface area (Å²) < 4.78 is 45.7. The highest BCUT2D eigenvalue weighted by molar-refractivity contribution is 7.98. The van der Waals surface area contributed by atoms with Crippen LogP contribution >= 0.6 is 23.5 Å². The van der Waals surface area contributed by atoms with Crippen molar-refractivity contribution >= 4 is 35.5 Å². The summed E-state index contributed by atoms with van der Waals surface area (Å²) in [4.78, 5) is 24.0. The Morgan fingerprint density at radius 3 is 1.56 bits per heavy atom. The first kappa shape index (κ1) is 42.1. The van der Waals surface area contributed by atoms with Crippen LogP contribution in [0.1, 0.15) is 63.2 Å². The third kappa shape index (κ3) is 13.7. The number of thioether (sulfide) groups is 2. The molecule has 0 amide bonds. The van der Waals surface area contributed by atoms with Gasteiger partial charge in [0.1, 0.15) is 24.8 Å². The van der Waals surface area contributed by atoms with E-state index >= 15 is 0 Å². The number of aromatic carboxylic acids is 1. The fourth-order valence-electron chi connectivity index (χ4n) is 4.30. The summed E-state index contributed by atoms with van der Waals surface area (Å²) in [6, 6.07) is 24.6. The Bertz CT molecular complexity index is 1610. The zero-order chi connectivity index (χ0) is 35.6. The zero-order valence-corrected chi connectivity index (χ0v) is 29.2. The molecular formula is C38H44F2O8S2. The topological polar surface area (TPSA) is 112 Å². The quantitative estimate of drug-likeness (QED) is 0.108. The van der Waals surface area contributed by atoms with Crippen LogP contribution in [-0.4, -0.2) is 56.4 Å². The van der Waals surface area contributed by atoms with Crippen LogP contribution in [0, 0.1) is 0 Å². The maximum Gasteiger partial charge on any atom is 0.337 e. The van der Waals surface area contributed by atoms with Crippen LogP contribution in [-0.2, 0) is 34.3 Å². The molecule has 4 aromatic carbocycles. The van der Waals surface area contributed by atoms with E-state index in [4.69, 9.17) is 29.2 Å². The number of methoxy groups -OCH3 is 3. The van der Waals surface area contributed by atoms with Gasteiger partial charge in [0.2, 0.25) is 0 Å². The molecule has 0 spiro atoms. The van der Waals surface area contributed by atoms with Gasteiger partial charge in [0.05, 0.1) is 32.5 Å². The lowest BCUT2D eigenvalue weighted by Gasteiger charge is -2.09. The first-order chi connectivity index (χ1) is 23.7. The number of aliphatic hydroxyl groups excluding tert-OH is 1. The number of esters is 1. The van der Waals surface area contributed by atoms with Crippen LogP contribution in [0.3, 0.4) is 0 Å². The van der Waals surface area contributed by atoms with Crippen molar-refractivity contribution in [2.45, 2.75) is 61.2 Å². The van der Waals surface area contributed by atoms with Crippen molar-refractivity contribution in [1.29, 1.82) is 0 Å². The largest absolute Gasteiger partial charge is 0.497 e. The molecule has 50 heavy (non-hydrogen) atoms. The number of hydrogen-bond acceptors (Lipinski definition) is 9. The molecule has 4 aromatic rings. The van der Waals surface area contributed by atoms with Crippen molar-refractivity contribution in [1.82, 2.24) is 0 Å². The number of carboxylic acid groups (broad SMARTS) is 1. The van der Waals surface area contributed by atoms with Gasteiger partial charge in [0.25, 0.3) is 0 Å². The minimum atomic E-state index is -1.01. The van der Waals surface area contributed by atoms with Gasteiger partial charge in [-0.3, -0.25) is 0 Å². The smallest absolute Gasteiger partial charge is 0.337 e. The lowest BCUT2D eigenvalue weighted by atomic mass is 10.1. The SMILES string of the molecule is C.COC(=O)c1ccc(CF)c(SCc2ccc(OC)cc2)c1.COc1ccc(CSc2cc(C(=O)O)ccc2CF)cc1.OC1CCCO1. The number of alkyl halides is 2. The van der Waals surface area contributed by atoms with Crippen LogP contribution in [0.5, 0.6) is 11.5 Å². The molecule has 0 radical (unpaired) electrons. The van der Waals surface area contributed by atoms with E-state index in [0.717, 1.165) is 47.0 Å². The van der Waals surface area contributed by atoms with Crippen molar-refractivity contribution in [3.63, 3.8) is 0 Å². The molecule has 0 bridgehead atoms. The monoisotopic (exact) mass is 730 g/mol. The molecular weight excluding hydrogens is 687 g/mol. The standard InChI is InChI=1S/C17H17FO3S.C16H15FO3S.C4H8O2.CH4/c1-20-15-7-3-12(4-8-15)11-22-16-9-13(17(19)21-2)5-6-14(16)10-18;1-20-14-6-2-11(3-7-14)10-21-15-8-12(16(18)19)4-5-13(15)9-17;5-4-2-1-3-6-4;/h3-9H,10-11H2,1-2H3;2-8H,9-10H2,1H3,(H,18,19);4-5H,1-3H2;1H4. The number of carboxylic acids is 1. The maximum absolute atomic E-state index is 13.1. The summed E-state index contributed by atoms with van der Waals surface area (Å²) in [7, 11) is 4.56. The third-order valence-corrected chi connectivity index (χ3v) is 9.44. The van der Waals surface area contributed by atoms with Crippen molar-refractivity contribution in [3.05, 3.63) is 118 Å². The van der Waals surface area contributed by atoms with E-state index in [1.165, 1.54) is 48.8 Å². The van der Waals surface area contributed by atoms with E-state index < -0.39 is 31.6 Å². The van der Waals surface area contributed by atoms with Crippen LogP contribution in [0.15, 0.2) is 94.7 Å². The Kier molecular flexibility index (Phi) is 19.0. The molecule has 1 aliphatic rings. The van der Waals surface area contributed by atoms with E-state index in [-0.39, 0.29) is 13.0 Å². The molecule has 0 aromatic heterocycles. The van der Waals surface area contributed by atoms with Crippen molar-refractivity contribution in [3.8, 4) is 11.5 Å². The molecule has 270 valence electrons. The summed E-state index contributed by atoms with van der Waals surface area (Å²) in [5.74, 6) is 1.47. The van der Waals surface area contributed by atoms with Crippen LogP contribution in [0.4, 0.5) is 8.78 Å². The number of ether oxygens (including phenoxy) is 4. The summed E-state index contributed by atoms with van der Waals surface area (Å²) in [5, 5.41) is 17.5. The Morgan fingerprint density at radius 1 is 0.760 bits per heavy atom. The number of benzene rings is 4. The first-order valence-corrected chi connectivity index (χ1v) is 17.2. The Labute approximate surface area is 301 Å². The van der Waals surface area contributed by atoms with E-state index in [0.29, 0.717) is 33.1 Å². The average molecular weight is 731 g/mol. The highest BCUT2D eigenvalue weighted by atomic mass is 32.2. The van der Waals surface area contributed by atoms with Gasteiger partial charge in [0, 0.05) is 34.3 Å². The Morgan fingerprint density at radius 2 is 1.22 bits per heavy atom. The molecule has 5 rings (SSSR count). The van der Waals surface area contributed by atoms with Crippen LogP contribution in [0.25, 0.3) is 0 Å². The number of carbonyl (C=O) groups excluding carboxylic acids is 1. The molecule has 2 N–H and O–H groups in total. The second kappa shape index (κ2) is 22.6. The molecule has 1 unspecified atom stereocenters. The normalized spacial score (nSPS) is 13.0.